The van der Waals surface area contributed by atoms with Crippen LogP contribution in [0.3, 0.4) is 0 Å². The van der Waals surface area contributed by atoms with E-state index >= 15 is 0 Å². The molecule has 0 aromatic carbocycles. The van der Waals surface area contributed by atoms with E-state index < -0.39 is 0 Å². The molecule has 18 heavy (non-hydrogen) atoms. The minimum atomic E-state index is -0.0176. The second-order valence-electron chi connectivity index (χ2n) is 4.84. The Labute approximate surface area is 125 Å². The highest BCUT2D eigenvalue weighted by molar-refractivity contribution is 9.09. The Hall–Kier alpha value is -0.0600. The van der Waals surface area contributed by atoms with Crippen molar-refractivity contribution in [2.45, 2.75) is 38.6 Å². The lowest BCUT2D eigenvalue weighted by molar-refractivity contribution is 0.0916. The zero-order chi connectivity index (χ0) is 13.1. The zero-order valence-electron chi connectivity index (χ0n) is 10.3. The van der Waals surface area contributed by atoms with Crippen molar-refractivity contribution in [2.75, 3.05) is 5.33 Å². The maximum absolute atomic E-state index is 12.2. The third-order valence-electron chi connectivity index (χ3n) is 3.53. The average molecular weight is 351 g/mol. The molecule has 0 bridgehead atoms. The molecule has 0 aliphatic heterocycles. The number of amides is 1. The summed E-state index contributed by atoms with van der Waals surface area (Å²) in [5.74, 6) is 0.526. The van der Waals surface area contributed by atoms with Crippen LogP contribution in [-0.2, 0) is 0 Å². The van der Waals surface area contributed by atoms with Gasteiger partial charge < -0.3 is 5.32 Å². The Balaban J connectivity index is 2.04. The summed E-state index contributed by atoms with van der Waals surface area (Å²) in [6.07, 6.45) is 4.73. The van der Waals surface area contributed by atoms with Crippen LogP contribution in [0.5, 0.6) is 0 Å². The van der Waals surface area contributed by atoms with Gasteiger partial charge in [-0.2, -0.15) is 0 Å². The van der Waals surface area contributed by atoms with E-state index in [2.05, 4.69) is 21.2 Å². The van der Waals surface area contributed by atoms with Crippen LogP contribution in [-0.4, -0.2) is 17.3 Å². The molecule has 2 nitrogen and oxygen atoms in total. The van der Waals surface area contributed by atoms with Crippen molar-refractivity contribution in [2.24, 2.45) is 5.92 Å². The largest absolute Gasteiger partial charge is 0.348 e. The van der Waals surface area contributed by atoms with Gasteiger partial charge in [-0.3, -0.25) is 4.79 Å². The van der Waals surface area contributed by atoms with Crippen LogP contribution in [0, 0.1) is 12.8 Å². The van der Waals surface area contributed by atoms with Crippen LogP contribution in [0.2, 0.25) is 5.02 Å². The summed E-state index contributed by atoms with van der Waals surface area (Å²) in [6.45, 7) is 1.93. The third-order valence-corrected chi connectivity index (χ3v) is 6.06. The molecule has 0 radical (unpaired) electrons. The average Bonchev–Trinajstić information content (AvgIpc) is 2.71. The lowest BCUT2D eigenvalue weighted by Gasteiger charge is -2.30. The number of aryl methyl sites for hydroxylation is 1. The van der Waals surface area contributed by atoms with Crippen molar-refractivity contribution in [1.29, 1.82) is 0 Å². The molecule has 5 heteroatoms. The molecule has 1 saturated carbocycles. The van der Waals surface area contributed by atoms with Crippen LogP contribution in [0.25, 0.3) is 0 Å². The van der Waals surface area contributed by atoms with Crippen LogP contribution in [0.4, 0.5) is 0 Å². The molecule has 100 valence electrons. The molecular formula is C13H17BrClNOS. The Kier molecular flexibility index (Phi) is 5.10. The van der Waals surface area contributed by atoms with Gasteiger partial charge in [-0.15, -0.1) is 11.3 Å². The summed E-state index contributed by atoms with van der Waals surface area (Å²) >= 11 is 11.1. The monoisotopic (exact) mass is 349 g/mol. The van der Waals surface area contributed by atoms with Gasteiger partial charge in [0.25, 0.3) is 5.91 Å². The van der Waals surface area contributed by atoms with Crippen molar-refractivity contribution in [3.63, 3.8) is 0 Å². The van der Waals surface area contributed by atoms with E-state index in [4.69, 9.17) is 11.6 Å². The number of alkyl halides is 1. The Morgan fingerprint density at radius 1 is 1.56 bits per heavy atom. The lowest BCUT2D eigenvalue weighted by atomic mass is 9.86. The van der Waals surface area contributed by atoms with Gasteiger partial charge in [0.2, 0.25) is 0 Å². The van der Waals surface area contributed by atoms with E-state index in [9.17, 15) is 4.79 Å². The second-order valence-corrected chi connectivity index (χ2v) is 6.75. The van der Waals surface area contributed by atoms with Gasteiger partial charge in [0.1, 0.15) is 4.88 Å². The molecule has 2 unspecified atom stereocenters. The molecular weight excluding hydrogens is 334 g/mol. The topological polar surface area (TPSA) is 29.1 Å². The third kappa shape index (κ3) is 3.09. The quantitative estimate of drug-likeness (QED) is 0.805. The van der Waals surface area contributed by atoms with Gasteiger partial charge in [-0.05, 0) is 36.6 Å². The van der Waals surface area contributed by atoms with E-state index in [1.54, 1.807) is 0 Å². The number of nitrogens with one attached hydrogen (secondary N) is 1. The molecule has 1 N–H and O–H groups in total. The number of thiophene rings is 1. The van der Waals surface area contributed by atoms with E-state index in [1.165, 1.54) is 30.6 Å². The fraction of sp³-hybridized carbons (Fsp3) is 0.615. The zero-order valence-corrected chi connectivity index (χ0v) is 13.5. The molecule has 2 atom stereocenters. The van der Waals surface area contributed by atoms with E-state index in [-0.39, 0.29) is 11.9 Å². The van der Waals surface area contributed by atoms with Crippen molar-refractivity contribution in [3.8, 4) is 0 Å². The Bertz CT molecular complexity index is 435. The van der Waals surface area contributed by atoms with E-state index in [0.717, 1.165) is 17.3 Å². The van der Waals surface area contributed by atoms with Gasteiger partial charge in [-0.25, -0.2) is 0 Å². The first-order chi connectivity index (χ1) is 8.63. The van der Waals surface area contributed by atoms with Gasteiger partial charge in [0, 0.05) is 11.4 Å². The minimum Gasteiger partial charge on any atom is -0.348 e. The molecule has 1 amide bonds. The second kappa shape index (κ2) is 6.40. The van der Waals surface area contributed by atoms with Gasteiger partial charge in [-0.1, -0.05) is 40.4 Å². The summed E-state index contributed by atoms with van der Waals surface area (Å²) in [5.41, 5.74) is 0.979. The highest BCUT2D eigenvalue weighted by Gasteiger charge is 2.27. The van der Waals surface area contributed by atoms with Crippen molar-refractivity contribution in [3.05, 3.63) is 20.8 Å². The first kappa shape index (κ1) is 14.4. The highest BCUT2D eigenvalue weighted by Crippen LogP contribution is 2.29. The maximum atomic E-state index is 12.2. The molecule has 0 saturated heterocycles. The van der Waals surface area contributed by atoms with Gasteiger partial charge in [0.05, 0.1) is 5.02 Å². The standard InChI is InChI=1S/C13H17BrClNOS/c1-8-7-18-12(11(8)15)13(17)16-10-5-3-2-4-9(10)6-14/h7,9-10H,2-6H2,1H3,(H,16,17). The van der Waals surface area contributed by atoms with Crippen molar-refractivity contribution in [1.82, 2.24) is 5.32 Å². The minimum absolute atomic E-state index is 0.0176. The van der Waals surface area contributed by atoms with Crippen LogP contribution in [0.15, 0.2) is 5.38 Å². The fourth-order valence-electron chi connectivity index (χ4n) is 2.40. The number of hydrogen-bond donors (Lipinski definition) is 1. The first-order valence-electron chi connectivity index (χ1n) is 6.24. The van der Waals surface area contributed by atoms with Crippen molar-refractivity contribution < 1.29 is 4.79 Å². The Morgan fingerprint density at radius 3 is 2.89 bits per heavy atom. The number of hydrogen-bond acceptors (Lipinski definition) is 2. The lowest BCUT2D eigenvalue weighted by Crippen LogP contribution is -2.42. The smallest absolute Gasteiger partial charge is 0.263 e. The van der Waals surface area contributed by atoms with Gasteiger partial charge in [0.15, 0.2) is 0 Å². The van der Waals surface area contributed by atoms with Crippen LogP contribution < -0.4 is 5.32 Å². The predicted octanol–water partition coefficient (Wildman–Crippen LogP) is 4.39. The molecule has 1 aromatic heterocycles. The first-order valence-corrected chi connectivity index (χ1v) is 8.61. The normalized spacial score (nSPS) is 23.9. The highest BCUT2D eigenvalue weighted by atomic mass is 79.9. The molecule has 1 aliphatic rings. The van der Waals surface area contributed by atoms with Crippen LogP contribution >= 0.6 is 38.9 Å². The summed E-state index contributed by atoms with van der Waals surface area (Å²) in [6, 6.07) is 0.282. The summed E-state index contributed by atoms with van der Waals surface area (Å²) in [5, 5.41) is 6.63. The number of rotatable bonds is 3. The number of carbonyl (C=O) groups excluding carboxylic acids is 1. The molecule has 1 fully saturated rings. The Morgan fingerprint density at radius 2 is 2.28 bits per heavy atom. The van der Waals surface area contributed by atoms with E-state index in [1.807, 2.05) is 12.3 Å². The molecule has 1 heterocycles. The van der Waals surface area contributed by atoms with E-state index in [0.29, 0.717) is 15.8 Å². The molecule has 1 aromatic rings. The SMILES string of the molecule is Cc1csc(C(=O)NC2CCCCC2CBr)c1Cl. The van der Waals surface area contributed by atoms with Gasteiger partial charge >= 0.3 is 0 Å². The number of halogens is 2. The molecule has 2 rings (SSSR count). The van der Waals surface area contributed by atoms with Crippen molar-refractivity contribution >= 4 is 44.8 Å². The predicted molar refractivity (Wildman–Crippen MR) is 81.1 cm³/mol. The maximum Gasteiger partial charge on any atom is 0.263 e. The summed E-state index contributed by atoms with van der Waals surface area (Å²) < 4.78 is 0. The van der Waals surface area contributed by atoms with Crippen LogP contribution in [0.1, 0.15) is 40.9 Å². The number of carbonyl (C=O) groups is 1. The fourth-order valence-corrected chi connectivity index (χ4v) is 4.36. The summed E-state index contributed by atoms with van der Waals surface area (Å²) in [4.78, 5) is 12.9. The summed E-state index contributed by atoms with van der Waals surface area (Å²) in [7, 11) is 0. The molecule has 1 aliphatic carbocycles. The molecule has 0 spiro atoms.